The second-order valence-electron chi connectivity index (χ2n) is 31.1. The van der Waals surface area contributed by atoms with Crippen molar-refractivity contribution in [3.05, 3.63) is 153 Å². The Morgan fingerprint density at radius 1 is 0.392 bits per heavy atom. The molecule has 0 N–H and O–H groups in total. The molecule has 0 saturated heterocycles. The predicted octanol–water partition coefficient (Wildman–Crippen LogP) is 17.0. The summed E-state index contributed by atoms with van der Waals surface area (Å²) < 4.78 is 1.52. The average Bonchev–Trinajstić information content (AvgIpc) is 3.09. The number of hydrogen-bond acceptors (Lipinski definition) is 4. The zero-order valence-electron chi connectivity index (χ0n) is 50.9. The number of thiophene rings is 1. The van der Waals surface area contributed by atoms with Gasteiger partial charge < -0.3 is 14.7 Å². The molecular formula is C73H84B2N3S. The van der Waals surface area contributed by atoms with Gasteiger partial charge in [-0.05, 0) is 206 Å². The number of rotatable bonds is 3. The Labute approximate surface area is 480 Å². The van der Waals surface area contributed by atoms with E-state index >= 15 is 0 Å². The second kappa shape index (κ2) is 16.4. The number of para-hydroxylation sites is 2. The highest BCUT2D eigenvalue weighted by atomic mass is 32.1. The first-order valence-corrected chi connectivity index (χ1v) is 31.1. The van der Waals surface area contributed by atoms with Crippen LogP contribution in [-0.4, -0.2) is 14.0 Å². The van der Waals surface area contributed by atoms with Gasteiger partial charge in [-0.25, -0.2) is 0 Å². The average molecular weight is 1060 g/mol. The fraction of sp³-hybridized carbons (Fsp3) is 0.452. The lowest BCUT2D eigenvalue weighted by Crippen LogP contribution is -2.61. The van der Waals surface area contributed by atoms with Crippen molar-refractivity contribution in [1.29, 1.82) is 0 Å². The molecule has 7 aromatic rings. The van der Waals surface area contributed by atoms with Gasteiger partial charge in [0, 0.05) is 49.5 Å². The minimum absolute atomic E-state index is 0.0232. The second-order valence-corrected chi connectivity index (χ2v) is 32.1. The van der Waals surface area contributed by atoms with Gasteiger partial charge in [-0.15, -0.1) is 0 Å². The number of aryl methyl sites for hydroxylation is 1. The third-order valence-corrected chi connectivity index (χ3v) is 23.5. The highest BCUT2D eigenvalue weighted by Gasteiger charge is 2.53. The minimum Gasteiger partial charge on any atom is -0.311 e. The Morgan fingerprint density at radius 2 is 0.861 bits per heavy atom. The van der Waals surface area contributed by atoms with E-state index in [1.807, 2.05) is 0 Å². The molecule has 4 aliphatic carbocycles. The summed E-state index contributed by atoms with van der Waals surface area (Å²) in [7, 11) is 2.41. The third-order valence-electron chi connectivity index (χ3n) is 21.9. The molecular weight excluding hydrogens is 973 g/mol. The quantitative estimate of drug-likeness (QED) is 0.163. The van der Waals surface area contributed by atoms with Gasteiger partial charge in [0.05, 0.1) is 11.4 Å². The van der Waals surface area contributed by atoms with Crippen LogP contribution in [0.5, 0.6) is 0 Å². The van der Waals surface area contributed by atoms with Crippen molar-refractivity contribution in [2.45, 2.75) is 212 Å². The van der Waals surface area contributed by atoms with E-state index in [0.29, 0.717) is 0 Å². The van der Waals surface area contributed by atoms with Crippen LogP contribution in [0.2, 0.25) is 0 Å². The Kier molecular flexibility index (Phi) is 10.7. The van der Waals surface area contributed by atoms with Crippen molar-refractivity contribution < 1.29 is 0 Å². The predicted molar refractivity (Wildman–Crippen MR) is 344 cm³/mol. The van der Waals surface area contributed by atoms with Crippen molar-refractivity contribution >= 4 is 103 Å². The van der Waals surface area contributed by atoms with Crippen LogP contribution in [0.25, 0.3) is 0 Å². The maximum Gasteiger partial charge on any atom is 0.264 e. The third kappa shape index (κ3) is 7.36. The van der Waals surface area contributed by atoms with Crippen molar-refractivity contribution in [1.82, 2.24) is 0 Å². The molecule has 79 heavy (non-hydrogen) atoms. The molecule has 0 amide bonds. The van der Waals surface area contributed by atoms with E-state index in [1.54, 1.807) is 10.4 Å². The van der Waals surface area contributed by atoms with Crippen LogP contribution in [-0.2, 0) is 43.3 Å². The molecule has 14 rings (SSSR count). The first-order valence-electron chi connectivity index (χ1n) is 30.3. The summed E-state index contributed by atoms with van der Waals surface area (Å²) in [6.45, 7) is 42.6. The topological polar surface area (TPSA) is 9.72 Å². The van der Waals surface area contributed by atoms with Crippen LogP contribution >= 0.6 is 11.3 Å². The van der Waals surface area contributed by atoms with E-state index < -0.39 is 0 Å². The molecule has 0 saturated carbocycles. The Balaban J connectivity index is 1.17. The molecule has 4 heterocycles. The SMILES string of the molecule is Cc1cccc2c1N(c1cc3c4c(c1)N(c1ccc5c(c1)C(C)(C)CCC5(C)C)c1c(sc5c1C(C)(C)CCC5(C)C)B4c1cc4c(cc1N3c1ccc3c(c1)C(C)(C)CCC3(C)C)C(C)(C)CCC4(C)C)c1ccccc1[B]2. The molecule has 403 valence electrons. The first-order chi connectivity index (χ1) is 37.0. The van der Waals surface area contributed by atoms with Gasteiger partial charge in [0.15, 0.2) is 7.28 Å². The molecule has 7 aliphatic rings. The van der Waals surface area contributed by atoms with Crippen LogP contribution in [0.15, 0.2) is 103 Å². The fourth-order valence-electron chi connectivity index (χ4n) is 16.4. The monoisotopic (exact) mass is 1060 g/mol. The van der Waals surface area contributed by atoms with Gasteiger partial charge >= 0.3 is 0 Å². The summed E-state index contributed by atoms with van der Waals surface area (Å²) in [6, 6.07) is 42.2. The van der Waals surface area contributed by atoms with Crippen LogP contribution in [0, 0.1) is 6.92 Å². The molecule has 1 aromatic heterocycles. The molecule has 6 aromatic carbocycles. The van der Waals surface area contributed by atoms with Gasteiger partial charge in [0.2, 0.25) is 0 Å². The molecule has 0 atom stereocenters. The van der Waals surface area contributed by atoms with Crippen LogP contribution in [0.4, 0.5) is 51.2 Å². The maximum atomic E-state index is 2.85. The fourth-order valence-corrected chi connectivity index (χ4v) is 18.1. The van der Waals surface area contributed by atoms with Crippen LogP contribution in [0.3, 0.4) is 0 Å². The van der Waals surface area contributed by atoms with Gasteiger partial charge in [0.25, 0.3) is 6.71 Å². The van der Waals surface area contributed by atoms with Crippen molar-refractivity contribution in [3.63, 3.8) is 0 Å². The molecule has 0 spiro atoms. The van der Waals surface area contributed by atoms with Gasteiger partial charge in [0.1, 0.15) is 0 Å². The molecule has 0 unspecified atom stereocenters. The smallest absolute Gasteiger partial charge is 0.264 e. The lowest BCUT2D eigenvalue weighted by Gasteiger charge is -2.49. The summed E-state index contributed by atoms with van der Waals surface area (Å²) in [5, 5.41) is 0. The van der Waals surface area contributed by atoms with Crippen molar-refractivity contribution in [3.8, 4) is 0 Å². The van der Waals surface area contributed by atoms with Gasteiger partial charge in [-0.1, -0.05) is 176 Å². The summed E-state index contributed by atoms with van der Waals surface area (Å²) in [5.74, 6) is 0. The molecule has 3 nitrogen and oxygen atoms in total. The standard InChI is InChI=1S/C73H84B2N3S/c1-43-21-20-23-54-62(43)78(56-24-19-18-22-53(56)74-54)46-39-58-61-59(40-46)77(45-26-28-48-50(38-45)69(8,9)32-30-67(48,4)5)63-60-64(73(16,17)36-35-72(60,14)15)79-65(63)75(61)55-41-51-52(71(12,13)34-33-70(51,10)11)42-57(55)76(58)44-25-27-47-49(37-44)68(6,7)31-29-66(47,2)3/h18-28,37-42H,29-36H2,1-17H3. The number of nitrogens with zero attached hydrogens (tertiary/aromatic N) is 3. The number of anilines is 9. The molecule has 6 heteroatoms. The van der Waals surface area contributed by atoms with E-state index in [4.69, 9.17) is 0 Å². The highest BCUT2D eigenvalue weighted by Crippen LogP contribution is 2.59. The first kappa shape index (κ1) is 51.7. The molecule has 0 fully saturated rings. The summed E-state index contributed by atoms with van der Waals surface area (Å²) in [5.41, 5.74) is 29.3. The van der Waals surface area contributed by atoms with Gasteiger partial charge in [-0.2, -0.15) is 11.3 Å². The normalized spacial score (nSPS) is 21.9. The number of hydrogen-bond donors (Lipinski definition) is 0. The van der Waals surface area contributed by atoms with Crippen LogP contribution < -0.4 is 41.3 Å². The molecule has 3 aliphatic heterocycles. The Hall–Kier alpha value is -5.45. The van der Waals surface area contributed by atoms with Crippen LogP contribution in [0.1, 0.15) is 212 Å². The zero-order chi connectivity index (χ0) is 55.7. The van der Waals surface area contributed by atoms with E-state index in [9.17, 15) is 0 Å². The lowest BCUT2D eigenvalue weighted by atomic mass is 9.35. The molecule has 1 radical (unpaired) electrons. The minimum atomic E-state index is -0.0343. The zero-order valence-corrected chi connectivity index (χ0v) is 51.7. The Bertz CT molecular complexity index is 3780. The maximum absolute atomic E-state index is 2.85. The Morgan fingerprint density at radius 3 is 1.46 bits per heavy atom. The number of fused-ring (bicyclic) bond motifs is 11. The summed E-state index contributed by atoms with van der Waals surface area (Å²) in [6.07, 6.45) is 9.41. The van der Waals surface area contributed by atoms with E-state index in [1.165, 1.54) is 162 Å². The lowest BCUT2D eigenvalue weighted by molar-refractivity contribution is 0.332. The summed E-state index contributed by atoms with van der Waals surface area (Å²) in [4.78, 5) is 9.85. The van der Waals surface area contributed by atoms with Crippen molar-refractivity contribution in [2.24, 2.45) is 0 Å². The van der Waals surface area contributed by atoms with E-state index in [0.717, 1.165) is 6.42 Å². The number of benzene rings is 6. The summed E-state index contributed by atoms with van der Waals surface area (Å²) >= 11 is 2.17. The molecule has 0 bridgehead atoms. The highest BCUT2D eigenvalue weighted by molar-refractivity contribution is 7.29. The van der Waals surface area contributed by atoms with Crippen molar-refractivity contribution in [2.75, 3.05) is 14.7 Å². The van der Waals surface area contributed by atoms with E-state index in [-0.39, 0.29) is 50.0 Å². The van der Waals surface area contributed by atoms with E-state index in [2.05, 4.69) is 254 Å². The van der Waals surface area contributed by atoms with Gasteiger partial charge in [-0.3, -0.25) is 0 Å². The largest absolute Gasteiger partial charge is 0.311 e.